The third-order valence-electron chi connectivity index (χ3n) is 6.78. The van der Waals surface area contributed by atoms with Crippen LogP contribution in [0.25, 0.3) is 0 Å². The van der Waals surface area contributed by atoms with Crippen LogP contribution in [0, 0.1) is 13.8 Å². The lowest BCUT2D eigenvalue weighted by molar-refractivity contribution is -0.137. The molecular formula is C28H29ClF3N3O4S. The molecule has 1 amide bonds. The monoisotopic (exact) mass is 595 g/mol. The Kier molecular flexibility index (Phi) is 8.55. The van der Waals surface area contributed by atoms with Gasteiger partial charge in [-0.2, -0.15) is 13.2 Å². The number of ether oxygens (including phenoxy) is 1. The van der Waals surface area contributed by atoms with Gasteiger partial charge in [0.2, 0.25) is 5.91 Å². The zero-order valence-electron chi connectivity index (χ0n) is 22.2. The molecule has 0 aliphatic carbocycles. The van der Waals surface area contributed by atoms with E-state index in [1.165, 1.54) is 30.2 Å². The SMILES string of the molecule is COc1ccc(C)cc1S(=O)(=O)N(CC(=O)N1CCN(c2cccc(C(F)(F)F)c2)CC1)c1ccc(C)c(Cl)c1. The number of hydrogen-bond donors (Lipinski definition) is 0. The number of carbonyl (C=O) groups excluding carboxylic acids is 1. The van der Waals surface area contributed by atoms with Crippen LogP contribution in [-0.4, -0.2) is 59.1 Å². The molecule has 7 nitrogen and oxygen atoms in total. The average molecular weight is 596 g/mol. The standard InChI is InChI=1S/C28H29ClF3N3O4S/c1-19-7-10-25(39-3)26(15-19)40(37,38)35(23-9-8-20(2)24(29)17-23)18-27(36)34-13-11-33(12-14-34)22-6-4-5-21(16-22)28(30,31)32/h4-10,15-17H,11-14,18H2,1-3H3. The number of anilines is 2. The maximum atomic E-state index is 14.0. The summed E-state index contributed by atoms with van der Waals surface area (Å²) >= 11 is 6.32. The summed E-state index contributed by atoms with van der Waals surface area (Å²) in [5.41, 5.74) is 1.32. The van der Waals surface area contributed by atoms with Gasteiger partial charge >= 0.3 is 6.18 Å². The number of benzene rings is 3. The fraction of sp³-hybridized carbons (Fsp3) is 0.321. The van der Waals surface area contributed by atoms with Crippen LogP contribution >= 0.6 is 11.6 Å². The number of methoxy groups -OCH3 is 1. The lowest BCUT2D eigenvalue weighted by Crippen LogP contribution is -2.52. The van der Waals surface area contributed by atoms with Crippen LogP contribution in [0.1, 0.15) is 16.7 Å². The molecule has 214 valence electrons. The van der Waals surface area contributed by atoms with Crippen LogP contribution < -0.4 is 13.9 Å². The number of nitrogens with zero attached hydrogens (tertiary/aromatic N) is 3. The molecule has 4 rings (SSSR count). The quantitative estimate of drug-likeness (QED) is 0.359. The van der Waals surface area contributed by atoms with Gasteiger partial charge < -0.3 is 14.5 Å². The second kappa shape index (κ2) is 11.6. The van der Waals surface area contributed by atoms with Gasteiger partial charge in [-0.3, -0.25) is 9.10 Å². The molecule has 1 fully saturated rings. The number of amides is 1. The summed E-state index contributed by atoms with van der Waals surface area (Å²) in [6.07, 6.45) is -4.46. The molecule has 1 saturated heterocycles. The first-order chi connectivity index (χ1) is 18.8. The van der Waals surface area contributed by atoms with E-state index in [1.54, 1.807) is 49.1 Å². The predicted molar refractivity (Wildman–Crippen MR) is 149 cm³/mol. The number of piperazine rings is 1. The van der Waals surface area contributed by atoms with Gasteiger partial charge in [-0.1, -0.05) is 29.8 Å². The first kappa shape index (κ1) is 29.5. The van der Waals surface area contributed by atoms with Crippen molar-refractivity contribution < 1.29 is 31.1 Å². The molecule has 0 atom stereocenters. The van der Waals surface area contributed by atoms with Crippen molar-refractivity contribution in [2.24, 2.45) is 0 Å². The average Bonchev–Trinajstić information content (AvgIpc) is 2.92. The van der Waals surface area contributed by atoms with Crippen LogP contribution in [0.15, 0.2) is 65.6 Å². The van der Waals surface area contributed by atoms with Gasteiger partial charge in [-0.15, -0.1) is 0 Å². The molecular weight excluding hydrogens is 567 g/mol. The fourth-order valence-corrected chi connectivity index (χ4v) is 6.30. The highest BCUT2D eigenvalue weighted by atomic mass is 35.5. The van der Waals surface area contributed by atoms with E-state index in [4.69, 9.17) is 16.3 Å². The van der Waals surface area contributed by atoms with E-state index in [0.29, 0.717) is 29.4 Å². The number of carbonyl (C=O) groups is 1. The van der Waals surface area contributed by atoms with Crippen molar-refractivity contribution in [2.45, 2.75) is 24.9 Å². The van der Waals surface area contributed by atoms with Crippen LogP contribution in [0.4, 0.5) is 24.5 Å². The topological polar surface area (TPSA) is 70.2 Å². The number of aryl methyl sites for hydroxylation is 2. The van der Waals surface area contributed by atoms with Gasteiger partial charge in [0, 0.05) is 36.9 Å². The molecule has 1 heterocycles. The van der Waals surface area contributed by atoms with E-state index in [9.17, 15) is 26.4 Å². The van der Waals surface area contributed by atoms with Crippen molar-refractivity contribution in [3.05, 3.63) is 82.4 Å². The van der Waals surface area contributed by atoms with E-state index in [0.717, 1.165) is 22.0 Å². The minimum absolute atomic E-state index is 0.0890. The molecule has 0 bridgehead atoms. The molecule has 0 unspecified atom stereocenters. The molecule has 3 aromatic carbocycles. The van der Waals surface area contributed by atoms with Crippen molar-refractivity contribution in [2.75, 3.05) is 49.0 Å². The molecule has 0 saturated carbocycles. The zero-order valence-corrected chi connectivity index (χ0v) is 23.8. The number of alkyl halides is 3. The van der Waals surface area contributed by atoms with Crippen molar-refractivity contribution in [1.82, 2.24) is 4.90 Å². The lowest BCUT2D eigenvalue weighted by atomic mass is 10.1. The molecule has 0 N–H and O–H groups in total. The summed E-state index contributed by atoms with van der Waals surface area (Å²) in [5, 5.41) is 0.344. The molecule has 12 heteroatoms. The van der Waals surface area contributed by atoms with Gasteiger partial charge in [0.05, 0.1) is 18.4 Å². The highest BCUT2D eigenvalue weighted by molar-refractivity contribution is 7.93. The molecule has 0 radical (unpaired) electrons. The molecule has 3 aromatic rings. The zero-order chi connectivity index (χ0) is 29.2. The van der Waals surface area contributed by atoms with Gasteiger partial charge in [-0.05, 0) is 67.4 Å². The Morgan fingerprint density at radius 1 is 1.00 bits per heavy atom. The number of hydrogen-bond acceptors (Lipinski definition) is 5. The number of rotatable bonds is 7. The van der Waals surface area contributed by atoms with Crippen molar-refractivity contribution in [1.29, 1.82) is 0 Å². The first-order valence-electron chi connectivity index (χ1n) is 12.4. The Bertz CT molecular complexity index is 1510. The second-order valence-electron chi connectivity index (χ2n) is 9.52. The minimum atomic E-state index is -4.46. The summed E-state index contributed by atoms with van der Waals surface area (Å²) in [4.78, 5) is 16.6. The van der Waals surface area contributed by atoms with Crippen LogP contribution in [0.5, 0.6) is 5.75 Å². The third kappa shape index (κ3) is 6.31. The third-order valence-corrected chi connectivity index (χ3v) is 8.98. The molecule has 40 heavy (non-hydrogen) atoms. The maximum Gasteiger partial charge on any atom is 0.416 e. The van der Waals surface area contributed by atoms with E-state index in [1.807, 2.05) is 0 Å². The molecule has 0 aromatic heterocycles. The van der Waals surface area contributed by atoms with E-state index in [-0.39, 0.29) is 29.4 Å². The Hall–Kier alpha value is -3.44. The van der Waals surface area contributed by atoms with Crippen molar-refractivity contribution in [3.63, 3.8) is 0 Å². The second-order valence-corrected chi connectivity index (χ2v) is 11.8. The smallest absolute Gasteiger partial charge is 0.416 e. The molecule has 1 aliphatic heterocycles. The van der Waals surface area contributed by atoms with E-state index in [2.05, 4.69) is 0 Å². The Morgan fingerprint density at radius 3 is 2.33 bits per heavy atom. The van der Waals surface area contributed by atoms with Crippen LogP contribution in [0.2, 0.25) is 5.02 Å². The first-order valence-corrected chi connectivity index (χ1v) is 14.3. The minimum Gasteiger partial charge on any atom is -0.495 e. The summed E-state index contributed by atoms with van der Waals surface area (Å²) in [6, 6.07) is 14.6. The van der Waals surface area contributed by atoms with Gasteiger partial charge in [0.25, 0.3) is 10.0 Å². The Morgan fingerprint density at radius 2 is 1.70 bits per heavy atom. The van der Waals surface area contributed by atoms with E-state index < -0.39 is 34.2 Å². The lowest BCUT2D eigenvalue weighted by Gasteiger charge is -2.37. The van der Waals surface area contributed by atoms with Crippen LogP contribution in [0.3, 0.4) is 0 Å². The summed E-state index contributed by atoms with van der Waals surface area (Å²) in [6.45, 7) is 4.05. The van der Waals surface area contributed by atoms with Gasteiger partial charge in [0.15, 0.2) is 0 Å². The fourth-order valence-electron chi connectivity index (χ4n) is 4.47. The number of halogens is 4. The summed E-state index contributed by atoms with van der Waals surface area (Å²) in [7, 11) is -2.90. The van der Waals surface area contributed by atoms with Crippen molar-refractivity contribution >= 4 is 38.9 Å². The highest BCUT2D eigenvalue weighted by Gasteiger charge is 2.34. The number of sulfonamides is 1. The summed E-state index contributed by atoms with van der Waals surface area (Å²) in [5.74, 6) is -0.313. The van der Waals surface area contributed by atoms with Gasteiger partial charge in [-0.25, -0.2) is 8.42 Å². The Balaban J connectivity index is 1.58. The highest BCUT2D eigenvalue weighted by Crippen LogP contribution is 2.34. The normalized spacial score (nSPS) is 14.3. The predicted octanol–water partition coefficient (Wildman–Crippen LogP) is 5.53. The summed E-state index contributed by atoms with van der Waals surface area (Å²) < 4.78 is 73.7. The van der Waals surface area contributed by atoms with Crippen LogP contribution in [-0.2, 0) is 21.0 Å². The van der Waals surface area contributed by atoms with Gasteiger partial charge in [0.1, 0.15) is 17.2 Å². The van der Waals surface area contributed by atoms with E-state index >= 15 is 0 Å². The Labute approximate surface area is 236 Å². The van der Waals surface area contributed by atoms with Crippen molar-refractivity contribution in [3.8, 4) is 5.75 Å². The maximum absolute atomic E-state index is 14.0. The molecule has 0 spiro atoms. The molecule has 1 aliphatic rings. The largest absolute Gasteiger partial charge is 0.495 e.